The summed E-state index contributed by atoms with van der Waals surface area (Å²) in [5.41, 5.74) is 0.747. The van der Waals surface area contributed by atoms with Gasteiger partial charge in [0.15, 0.2) is 0 Å². The number of hydrogen-bond donors (Lipinski definition) is 0. The van der Waals surface area contributed by atoms with Crippen molar-refractivity contribution >= 4 is 12.0 Å². The van der Waals surface area contributed by atoms with Crippen LogP contribution in [0.2, 0.25) is 0 Å². The molecule has 2 aliphatic heterocycles. The average Bonchev–Trinajstić information content (AvgIpc) is 2.67. The van der Waals surface area contributed by atoms with Crippen LogP contribution >= 0.6 is 0 Å². The minimum Gasteiger partial charge on any atom is -0.444 e. The Hall–Kier alpha value is -2.08. The molecule has 0 bridgehead atoms. The van der Waals surface area contributed by atoms with E-state index in [-0.39, 0.29) is 18.0 Å². The van der Waals surface area contributed by atoms with Crippen LogP contribution in [0.15, 0.2) is 30.3 Å². The van der Waals surface area contributed by atoms with Crippen LogP contribution in [0.4, 0.5) is 4.79 Å². The lowest BCUT2D eigenvalue weighted by Crippen LogP contribution is -2.57. The van der Waals surface area contributed by atoms with Gasteiger partial charge >= 0.3 is 6.09 Å². The second-order valence-electron chi connectivity index (χ2n) is 8.77. The lowest BCUT2D eigenvalue weighted by Gasteiger charge is -2.41. The molecular formula is C22H33N3O3. The molecule has 28 heavy (non-hydrogen) atoms. The quantitative estimate of drug-likeness (QED) is 0.800. The van der Waals surface area contributed by atoms with E-state index in [1.165, 1.54) is 5.56 Å². The minimum absolute atomic E-state index is 0.0740. The first-order valence-corrected chi connectivity index (χ1v) is 10.4. The van der Waals surface area contributed by atoms with Crippen LogP contribution in [0.5, 0.6) is 0 Å². The number of piperazine rings is 1. The number of ether oxygens (including phenoxy) is 1. The van der Waals surface area contributed by atoms with Crippen LogP contribution in [0.25, 0.3) is 0 Å². The molecule has 2 heterocycles. The number of nitrogens with zero attached hydrogens (tertiary/aromatic N) is 3. The Kier molecular flexibility index (Phi) is 6.60. The maximum atomic E-state index is 13.2. The lowest BCUT2D eigenvalue weighted by atomic mass is 10.0. The highest BCUT2D eigenvalue weighted by Crippen LogP contribution is 2.23. The van der Waals surface area contributed by atoms with Crippen molar-refractivity contribution in [2.75, 3.05) is 32.7 Å². The number of benzene rings is 1. The first-order chi connectivity index (χ1) is 13.3. The largest absolute Gasteiger partial charge is 0.444 e. The Labute approximate surface area is 168 Å². The number of likely N-dealkylation sites (tertiary alicyclic amines) is 1. The van der Waals surface area contributed by atoms with E-state index >= 15 is 0 Å². The Morgan fingerprint density at radius 1 is 1.00 bits per heavy atom. The fourth-order valence-corrected chi connectivity index (χ4v) is 3.91. The van der Waals surface area contributed by atoms with Gasteiger partial charge in [0.1, 0.15) is 11.6 Å². The third-order valence-electron chi connectivity index (χ3n) is 5.35. The van der Waals surface area contributed by atoms with E-state index in [0.29, 0.717) is 19.6 Å². The molecule has 0 N–H and O–H groups in total. The van der Waals surface area contributed by atoms with Gasteiger partial charge < -0.3 is 9.64 Å². The van der Waals surface area contributed by atoms with E-state index in [4.69, 9.17) is 4.74 Å². The zero-order valence-electron chi connectivity index (χ0n) is 17.4. The van der Waals surface area contributed by atoms with Gasteiger partial charge in [-0.2, -0.15) is 0 Å². The summed E-state index contributed by atoms with van der Waals surface area (Å²) in [6.07, 6.45) is 2.26. The molecule has 6 nitrogen and oxygen atoms in total. The van der Waals surface area contributed by atoms with Gasteiger partial charge in [-0.05, 0) is 45.6 Å². The van der Waals surface area contributed by atoms with Gasteiger partial charge in [-0.25, -0.2) is 4.79 Å². The molecule has 1 unspecified atom stereocenters. The standard InChI is InChI=1S/C22H33N3O3/c1-22(2,3)28-21(27)25-12-8-7-11-19(25)20(26)24-15-13-23(14-16-24)17-18-9-5-4-6-10-18/h4-6,9-10,19H,7-8,11-17H2,1-3H3. The van der Waals surface area contributed by atoms with Gasteiger partial charge in [-0.3, -0.25) is 14.6 Å². The van der Waals surface area contributed by atoms with Crippen molar-refractivity contribution < 1.29 is 14.3 Å². The maximum Gasteiger partial charge on any atom is 0.410 e. The van der Waals surface area contributed by atoms with Crippen LogP contribution in [0.3, 0.4) is 0 Å². The Morgan fingerprint density at radius 3 is 2.32 bits per heavy atom. The Bertz CT molecular complexity index is 663. The summed E-state index contributed by atoms with van der Waals surface area (Å²) in [4.78, 5) is 31.7. The molecule has 0 saturated carbocycles. The number of hydrogen-bond acceptors (Lipinski definition) is 4. The van der Waals surface area contributed by atoms with Crippen LogP contribution < -0.4 is 0 Å². The highest BCUT2D eigenvalue weighted by Gasteiger charge is 2.37. The molecule has 2 saturated heterocycles. The van der Waals surface area contributed by atoms with Crippen LogP contribution in [-0.2, 0) is 16.1 Å². The van der Waals surface area contributed by atoms with E-state index in [9.17, 15) is 9.59 Å². The van der Waals surface area contributed by atoms with Gasteiger partial charge in [0, 0.05) is 39.3 Å². The van der Waals surface area contributed by atoms with Crippen LogP contribution in [-0.4, -0.2) is 71.1 Å². The fraction of sp³-hybridized carbons (Fsp3) is 0.636. The van der Waals surface area contributed by atoms with Gasteiger partial charge in [-0.1, -0.05) is 30.3 Å². The van der Waals surface area contributed by atoms with E-state index in [2.05, 4.69) is 29.2 Å². The first-order valence-electron chi connectivity index (χ1n) is 10.4. The molecule has 0 radical (unpaired) electrons. The van der Waals surface area contributed by atoms with Crippen molar-refractivity contribution in [1.82, 2.24) is 14.7 Å². The third kappa shape index (κ3) is 5.47. The molecule has 1 aromatic carbocycles. The highest BCUT2D eigenvalue weighted by molar-refractivity contribution is 5.86. The molecular weight excluding hydrogens is 354 g/mol. The second-order valence-corrected chi connectivity index (χ2v) is 8.77. The molecule has 1 atom stereocenters. The molecule has 2 amide bonds. The summed E-state index contributed by atoms with van der Waals surface area (Å²) in [5.74, 6) is 0.0740. The summed E-state index contributed by atoms with van der Waals surface area (Å²) >= 11 is 0. The van der Waals surface area contributed by atoms with Crippen molar-refractivity contribution in [3.05, 3.63) is 35.9 Å². The average molecular weight is 388 g/mol. The third-order valence-corrected chi connectivity index (χ3v) is 5.35. The summed E-state index contributed by atoms with van der Waals surface area (Å²) in [6.45, 7) is 10.2. The molecule has 0 aromatic heterocycles. The van der Waals surface area contributed by atoms with Gasteiger partial charge in [0.2, 0.25) is 5.91 Å². The molecule has 6 heteroatoms. The zero-order valence-corrected chi connectivity index (χ0v) is 17.4. The normalized spacial score (nSPS) is 21.5. The van der Waals surface area contributed by atoms with Crippen molar-refractivity contribution in [2.24, 2.45) is 0 Å². The summed E-state index contributed by atoms with van der Waals surface area (Å²) in [6, 6.07) is 10.0. The SMILES string of the molecule is CC(C)(C)OC(=O)N1CCCCC1C(=O)N1CCN(Cc2ccccc2)CC1. The number of carbonyl (C=O) groups is 2. The lowest BCUT2D eigenvalue weighted by molar-refractivity contribution is -0.140. The van der Waals surface area contributed by atoms with Crippen molar-refractivity contribution in [3.63, 3.8) is 0 Å². The molecule has 154 valence electrons. The van der Waals surface area contributed by atoms with E-state index in [0.717, 1.165) is 38.9 Å². The fourth-order valence-electron chi connectivity index (χ4n) is 3.91. The molecule has 1 aromatic rings. The topological polar surface area (TPSA) is 53.1 Å². The summed E-state index contributed by atoms with van der Waals surface area (Å²) in [5, 5.41) is 0. The molecule has 3 rings (SSSR count). The molecule has 2 aliphatic rings. The predicted octanol–water partition coefficient (Wildman–Crippen LogP) is 3.12. The summed E-state index contributed by atoms with van der Waals surface area (Å²) in [7, 11) is 0. The summed E-state index contributed by atoms with van der Waals surface area (Å²) < 4.78 is 5.54. The van der Waals surface area contributed by atoms with E-state index < -0.39 is 5.60 Å². The Morgan fingerprint density at radius 2 is 1.68 bits per heavy atom. The monoisotopic (exact) mass is 387 g/mol. The first kappa shape index (κ1) is 20.6. The number of amides is 2. The van der Waals surface area contributed by atoms with Crippen LogP contribution in [0.1, 0.15) is 45.6 Å². The van der Waals surface area contributed by atoms with E-state index in [1.54, 1.807) is 4.90 Å². The minimum atomic E-state index is -0.550. The number of carbonyl (C=O) groups excluding carboxylic acids is 2. The number of rotatable bonds is 3. The molecule has 2 fully saturated rings. The predicted molar refractivity (Wildman–Crippen MR) is 109 cm³/mol. The van der Waals surface area contributed by atoms with E-state index in [1.807, 2.05) is 31.7 Å². The van der Waals surface area contributed by atoms with Gasteiger partial charge in [-0.15, -0.1) is 0 Å². The van der Waals surface area contributed by atoms with Crippen molar-refractivity contribution in [1.29, 1.82) is 0 Å². The molecule has 0 spiro atoms. The second kappa shape index (κ2) is 8.95. The highest BCUT2D eigenvalue weighted by atomic mass is 16.6. The molecule has 0 aliphatic carbocycles. The van der Waals surface area contributed by atoms with Gasteiger partial charge in [0.05, 0.1) is 0 Å². The van der Waals surface area contributed by atoms with Gasteiger partial charge in [0.25, 0.3) is 0 Å². The van der Waals surface area contributed by atoms with Crippen molar-refractivity contribution in [3.8, 4) is 0 Å². The van der Waals surface area contributed by atoms with Crippen molar-refractivity contribution in [2.45, 2.75) is 58.2 Å². The maximum absolute atomic E-state index is 13.2. The number of piperidine rings is 1. The van der Waals surface area contributed by atoms with Crippen LogP contribution in [0, 0.1) is 0 Å². The zero-order chi connectivity index (χ0) is 20.1. The Balaban J connectivity index is 1.56. The smallest absolute Gasteiger partial charge is 0.410 e.